The summed E-state index contributed by atoms with van der Waals surface area (Å²) in [4.78, 5) is 29.2. The average Bonchev–Trinajstić information content (AvgIpc) is 3.44. The molecule has 2 aliphatic heterocycles. The first-order valence-corrected chi connectivity index (χ1v) is 10.8. The highest BCUT2D eigenvalue weighted by Gasteiger charge is 2.43. The normalized spacial score (nSPS) is 21.1. The molecule has 3 aromatic rings. The molecule has 0 spiro atoms. The Hall–Kier alpha value is -3.09. The van der Waals surface area contributed by atoms with Crippen LogP contribution in [0.5, 0.6) is 0 Å². The van der Waals surface area contributed by atoms with Gasteiger partial charge in [-0.25, -0.2) is 14.8 Å². The number of benzene rings is 1. The number of hydrogen-bond acceptors (Lipinski definition) is 5. The Bertz CT molecular complexity index is 1010. The maximum atomic E-state index is 12.8. The highest BCUT2D eigenvalue weighted by atomic mass is 16.6. The maximum absolute atomic E-state index is 12.8. The van der Waals surface area contributed by atoms with E-state index in [1.165, 1.54) is 5.56 Å². The quantitative estimate of drug-likeness (QED) is 0.654. The lowest BCUT2D eigenvalue weighted by atomic mass is 9.97. The van der Waals surface area contributed by atoms with Crippen LogP contribution in [0.1, 0.15) is 31.2 Å². The van der Waals surface area contributed by atoms with Gasteiger partial charge in [-0.2, -0.15) is 0 Å². The molecule has 4 heterocycles. The number of carbonyl (C=O) groups is 1. The van der Waals surface area contributed by atoms with Crippen molar-refractivity contribution in [3.05, 3.63) is 54.5 Å². The van der Waals surface area contributed by atoms with Crippen molar-refractivity contribution in [1.29, 1.82) is 0 Å². The second kappa shape index (κ2) is 8.34. The molecule has 2 aromatic heterocycles. The van der Waals surface area contributed by atoms with Crippen LogP contribution in [0.15, 0.2) is 48.9 Å². The Kier molecular flexibility index (Phi) is 5.26. The van der Waals surface area contributed by atoms with Crippen molar-refractivity contribution >= 4 is 22.9 Å². The molecule has 1 N–H and O–H groups in total. The van der Waals surface area contributed by atoms with Gasteiger partial charge in [-0.05, 0) is 43.7 Å². The zero-order valence-electron chi connectivity index (χ0n) is 17.0. The Morgan fingerprint density at radius 2 is 2.00 bits per heavy atom. The van der Waals surface area contributed by atoms with Crippen molar-refractivity contribution in [2.45, 2.75) is 44.2 Å². The Morgan fingerprint density at radius 3 is 2.90 bits per heavy atom. The summed E-state index contributed by atoms with van der Waals surface area (Å²) in [7, 11) is 0. The van der Waals surface area contributed by atoms with E-state index < -0.39 is 0 Å². The summed E-state index contributed by atoms with van der Waals surface area (Å²) in [6.45, 7) is 2.13. The fraction of sp³-hybridized carbons (Fsp3) is 0.435. The van der Waals surface area contributed by atoms with E-state index in [2.05, 4.69) is 32.0 Å². The second-order valence-corrected chi connectivity index (χ2v) is 8.09. The zero-order chi connectivity index (χ0) is 20.3. The number of amides is 1. The molecule has 0 radical (unpaired) electrons. The molecule has 2 fully saturated rings. The van der Waals surface area contributed by atoms with E-state index in [9.17, 15) is 4.79 Å². The van der Waals surface area contributed by atoms with E-state index in [4.69, 9.17) is 4.74 Å². The summed E-state index contributed by atoms with van der Waals surface area (Å²) in [5.74, 6) is 0.965. The Labute approximate surface area is 176 Å². The number of nitrogens with one attached hydrogen (secondary N) is 1. The number of ether oxygens (including phenoxy) is 1. The van der Waals surface area contributed by atoms with Gasteiger partial charge in [0.25, 0.3) is 0 Å². The Balaban J connectivity index is 1.21. The number of piperidine rings is 1. The van der Waals surface area contributed by atoms with Gasteiger partial charge in [-0.15, -0.1) is 0 Å². The zero-order valence-corrected chi connectivity index (χ0v) is 17.0. The third-order valence-corrected chi connectivity index (χ3v) is 6.33. The highest BCUT2D eigenvalue weighted by Crippen LogP contribution is 2.36. The van der Waals surface area contributed by atoms with Crippen LogP contribution < -0.4 is 4.90 Å². The minimum Gasteiger partial charge on any atom is -0.449 e. The number of aromatic nitrogens is 3. The van der Waals surface area contributed by atoms with Crippen molar-refractivity contribution in [1.82, 2.24) is 19.9 Å². The molecule has 1 aromatic carbocycles. The van der Waals surface area contributed by atoms with Crippen molar-refractivity contribution < 1.29 is 9.53 Å². The van der Waals surface area contributed by atoms with E-state index in [-0.39, 0.29) is 18.2 Å². The van der Waals surface area contributed by atoms with Gasteiger partial charge in [0.1, 0.15) is 17.8 Å². The number of rotatable bonds is 5. The number of hydrogen-bond donors (Lipinski definition) is 1. The fourth-order valence-electron chi connectivity index (χ4n) is 4.93. The minimum atomic E-state index is -0.172. The van der Waals surface area contributed by atoms with Crippen molar-refractivity contribution in [2.24, 2.45) is 0 Å². The summed E-state index contributed by atoms with van der Waals surface area (Å²) in [6, 6.07) is 12.8. The van der Waals surface area contributed by atoms with Crippen LogP contribution in [0.2, 0.25) is 0 Å². The molecule has 2 saturated heterocycles. The highest BCUT2D eigenvalue weighted by molar-refractivity contribution is 5.87. The summed E-state index contributed by atoms with van der Waals surface area (Å²) in [5.41, 5.74) is 2.13. The first-order valence-electron chi connectivity index (χ1n) is 10.8. The lowest BCUT2D eigenvalue weighted by Gasteiger charge is -2.39. The van der Waals surface area contributed by atoms with E-state index in [1.54, 1.807) is 6.33 Å². The van der Waals surface area contributed by atoms with Gasteiger partial charge in [-0.3, -0.25) is 0 Å². The molecule has 7 heteroatoms. The van der Waals surface area contributed by atoms with Crippen molar-refractivity contribution in [3.8, 4) is 0 Å². The second-order valence-electron chi connectivity index (χ2n) is 8.09. The molecule has 0 bridgehead atoms. The van der Waals surface area contributed by atoms with Gasteiger partial charge in [0.2, 0.25) is 0 Å². The molecule has 2 unspecified atom stereocenters. The maximum Gasteiger partial charge on any atom is 0.410 e. The van der Waals surface area contributed by atoms with Crippen LogP contribution in [0.3, 0.4) is 0 Å². The lowest BCUT2D eigenvalue weighted by Crippen LogP contribution is -2.52. The number of nitrogens with zero attached hydrogens (tertiary/aromatic N) is 4. The number of anilines is 1. The van der Waals surface area contributed by atoms with Gasteiger partial charge < -0.3 is 19.5 Å². The molecular weight excluding hydrogens is 378 g/mol. The molecule has 5 rings (SSSR count). The third-order valence-electron chi connectivity index (χ3n) is 6.33. The molecule has 156 valence electrons. The minimum absolute atomic E-state index is 0.172. The van der Waals surface area contributed by atoms with E-state index in [0.717, 1.165) is 62.0 Å². The molecule has 0 saturated carbocycles. The fourth-order valence-corrected chi connectivity index (χ4v) is 4.93. The average molecular weight is 406 g/mol. The van der Waals surface area contributed by atoms with Crippen LogP contribution in [0, 0.1) is 0 Å². The standard InChI is InChI=1S/C23H27N5O2/c29-23(30-15-5-8-17-6-2-1-3-7-17)28-13-4-9-19-20(28)11-14-27(19)22-18-10-12-24-21(18)25-16-26-22/h1-3,6-7,10,12,16,19-20H,4-5,8-9,11,13-15H2,(H,24,25,26). The number of carbonyl (C=O) groups excluding carboxylic acids is 1. The van der Waals surface area contributed by atoms with Gasteiger partial charge in [0, 0.05) is 19.3 Å². The first-order chi connectivity index (χ1) is 14.8. The molecule has 2 aliphatic rings. The van der Waals surface area contributed by atoms with Crippen LogP contribution in [0.4, 0.5) is 10.6 Å². The first kappa shape index (κ1) is 18.9. The van der Waals surface area contributed by atoms with Gasteiger partial charge in [-0.1, -0.05) is 30.3 Å². The summed E-state index contributed by atoms with van der Waals surface area (Å²) in [6.07, 6.45) is 8.11. The van der Waals surface area contributed by atoms with Gasteiger partial charge in [0.15, 0.2) is 0 Å². The number of H-pyrrole nitrogens is 1. The summed E-state index contributed by atoms with van der Waals surface area (Å²) in [5, 5.41) is 1.04. The predicted octanol–water partition coefficient (Wildman–Crippen LogP) is 3.77. The molecule has 7 nitrogen and oxygen atoms in total. The number of likely N-dealkylation sites (tertiary alicyclic amines) is 1. The largest absolute Gasteiger partial charge is 0.449 e. The molecule has 30 heavy (non-hydrogen) atoms. The SMILES string of the molecule is O=C(OCCCc1ccccc1)N1CCCC2C1CCN2c1ncnc2[nH]ccc12. The number of aryl methyl sites for hydroxylation is 1. The number of aromatic amines is 1. The van der Waals surface area contributed by atoms with Crippen LogP contribution in [-0.2, 0) is 11.2 Å². The predicted molar refractivity (Wildman–Crippen MR) is 115 cm³/mol. The van der Waals surface area contributed by atoms with Crippen LogP contribution >= 0.6 is 0 Å². The smallest absolute Gasteiger partial charge is 0.410 e. The van der Waals surface area contributed by atoms with Gasteiger partial charge >= 0.3 is 6.09 Å². The van der Waals surface area contributed by atoms with Gasteiger partial charge in [0.05, 0.1) is 24.1 Å². The lowest BCUT2D eigenvalue weighted by molar-refractivity contribution is 0.0715. The van der Waals surface area contributed by atoms with Crippen LogP contribution in [-0.4, -0.2) is 57.7 Å². The third kappa shape index (κ3) is 3.60. The topological polar surface area (TPSA) is 74.3 Å². The molecule has 0 aliphatic carbocycles. The van der Waals surface area contributed by atoms with E-state index >= 15 is 0 Å². The van der Waals surface area contributed by atoms with Crippen molar-refractivity contribution in [3.63, 3.8) is 0 Å². The molecule has 1 amide bonds. The molecular formula is C23H27N5O2. The van der Waals surface area contributed by atoms with E-state index in [1.807, 2.05) is 35.4 Å². The molecule has 2 atom stereocenters. The van der Waals surface area contributed by atoms with Crippen molar-refractivity contribution in [2.75, 3.05) is 24.6 Å². The van der Waals surface area contributed by atoms with Crippen LogP contribution in [0.25, 0.3) is 11.0 Å². The number of fused-ring (bicyclic) bond motifs is 2. The summed E-state index contributed by atoms with van der Waals surface area (Å²) < 4.78 is 5.65. The Morgan fingerprint density at radius 1 is 1.10 bits per heavy atom. The summed E-state index contributed by atoms with van der Waals surface area (Å²) >= 11 is 0. The van der Waals surface area contributed by atoms with E-state index in [0.29, 0.717) is 6.61 Å². The monoisotopic (exact) mass is 405 g/mol.